The van der Waals surface area contributed by atoms with Crippen LogP contribution in [0.5, 0.6) is 0 Å². The first-order valence-corrected chi connectivity index (χ1v) is 8.28. The molecule has 2 amide bonds. The van der Waals surface area contributed by atoms with Crippen LogP contribution in [0, 0.1) is 0 Å². The lowest BCUT2D eigenvalue weighted by Gasteiger charge is -2.18. The predicted molar refractivity (Wildman–Crippen MR) is 96.2 cm³/mol. The molecular formula is C20H19N3O3. The van der Waals surface area contributed by atoms with Gasteiger partial charge in [0.15, 0.2) is 5.76 Å². The number of carbonyl (C=O) groups excluding carboxylic acids is 2. The fraction of sp³-hybridized carbons (Fsp3) is 0.150. The summed E-state index contributed by atoms with van der Waals surface area (Å²) in [5.41, 5.74) is 1.70. The number of amides is 2. The molecule has 6 nitrogen and oxygen atoms in total. The van der Waals surface area contributed by atoms with Gasteiger partial charge < -0.3 is 15.1 Å². The Morgan fingerprint density at radius 1 is 1.00 bits per heavy atom. The molecule has 1 aromatic carbocycles. The van der Waals surface area contributed by atoms with Crippen LogP contribution < -0.4 is 10.6 Å². The Balaban J connectivity index is 1.68. The SMILES string of the molecule is O=C(N[C@@H](Cc1ccccc1)C(=O)NCc1ccccn1)c1ccco1. The minimum absolute atomic E-state index is 0.167. The maximum Gasteiger partial charge on any atom is 0.287 e. The smallest absolute Gasteiger partial charge is 0.287 e. The van der Waals surface area contributed by atoms with Crippen LogP contribution >= 0.6 is 0 Å². The van der Waals surface area contributed by atoms with Gasteiger partial charge in [0.05, 0.1) is 18.5 Å². The number of pyridine rings is 1. The van der Waals surface area contributed by atoms with E-state index < -0.39 is 11.9 Å². The zero-order chi connectivity index (χ0) is 18.2. The predicted octanol–water partition coefficient (Wildman–Crippen LogP) is 2.33. The Morgan fingerprint density at radius 2 is 1.81 bits per heavy atom. The van der Waals surface area contributed by atoms with E-state index in [9.17, 15) is 9.59 Å². The number of nitrogens with one attached hydrogen (secondary N) is 2. The summed E-state index contributed by atoms with van der Waals surface area (Å²) in [4.78, 5) is 29.1. The maximum atomic E-state index is 12.6. The average molecular weight is 349 g/mol. The van der Waals surface area contributed by atoms with Crippen LogP contribution in [0.1, 0.15) is 21.8 Å². The van der Waals surface area contributed by atoms with Crippen LogP contribution in [0.15, 0.2) is 77.5 Å². The molecule has 6 heteroatoms. The molecule has 0 unspecified atom stereocenters. The lowest BCUT2D eigenvalue weighted by molar-refractivity contribution is -0.123. The Labute approximate surface area is 151 Å². The lowest BCUT2D eigenvalue weighted by Crippen LogP contribution is -2.47. The van der Waals surface area contributed by atoms with Gasteiger partial charge in [-0.05, 0) is 29.8 Å². The Bertz CT molecular complexity index is 833. The summed E-state index contributed by atoms with van der Waals surface area (Å²) in [5.74, 6) is -0.538. The fourth-order valence-electron chi connectivity index (χ4n) is 2.50. The van der Waals surface area contributed by atoms with Crippen LogP contribution in [0.2, 0.25) is 0 Å². The first kappa shape index (κ1) is 17.4. The summed E-state index contributed by atoms with van der Waals surface area (Å²) in [5, 5.41) is 5.56. The highest BCUT2D eigenvalue weighted by molar-refractivity contribution is 5.95. The summed E-state index contributed by atoms with van der Waals surface area (Å²) in [6.07, 6.45) is 3.46. The highest BCUT2D eigenvalue weighted by Gasteiger charge is 2.22. The van der Waals surface area contributed by atoms with E-state index in [-0.39, 0.29) is 11.7 Å². The van der Waals surface area contributed by atoms with Crippen molar-refractivity contribution in [2.75, 3.05) is 0 Å². The van der Waals surface area contributed by atoms with Gasteiger partial charge in [-0.25, -0.2) is 0 Å². The van der Waals surface area contributed by atoms with Gasteiger partial charge in [0.2, 0.25) is 5.91 Å². The van der Waals surface area contributed by atoms with Crippen molar-refractivity contribution in [3.63, 3.8) is 0 Å². The van der Waals surface area contributed by atoms with Gasteiger partial charge in [-0.3, -0.25) is 14.6 Å². The van der Waals surface area contributed by atoms with E-state index in [1.807, 2.05) is 48.5 Å². The summed E-state index contributed by atoms with van der Waals surface area (Å²) in [7, 11) is 0. The molecule has 2 aromatic heterocycles. The highest BCUT2D eigenvalue weighted by atomic mass is 16.3. The van der Waals surface area contributed by atoms with E-state index in [2.05, 4.69) is 15.6 Å². The number of nitrogens with zero attached hydrogens (tertiary/aromatic N) is 1. The maximum absolute atomic E-state index is 12.6. The Morgan fingerprint density at radius 3 is 2.50 bits per heavy atom. The van der Waals surface area contributed by atoms with E-state index in [1.165, 1.54) is 6.26 Å². The minimum atomic E-state index is -0.723. The topological polar surface area (TPSA) is 84.2 Å². The van der Waals surface area contributed by atoms with Gasteiger partial charge in [-0.15, -0.1) is 0 Å². The third-order valence-corrected chi connectivity index (χ3v) is 3.82. The molecule has 0 saturated carbocycles. The van der Waals surface area contributed by atoms with E-state index in [0.29, 0.717) is 13.0 Å². The number of carbonyl (C=O) groups is 2. The van der Waals surface area contributed by atoms with Gasteiger partial charge in [0.25, 0.3) is 5.91 Å². The van der Waals surface area contributed by atoms with Crippen LogP contribution in [0.25, 0.3) is 0 Å². The van der Waals surface area contributed by atoms with Crippen molar-refractivity contribution in [2.45, 2.75) is 19.0 Å². The molecule has 0 aliphatic rings. The molecule has 1 atom stereocenters. The zero-order valence-corrected chi connectivity index (χ0v) is 14.1. The van der Waals surface area contributed by atoms with E-state index >= 15 is 0 Å². The van der Waals surface area contributed by atoms with Gasteiger partial charge >= 0.3 is 0 Å². The van der Waals surface area contributed by atoms with Crippen LogP contribution in [0.4, 0.5) is 0 Å². The first-order chi connectivity index (χ1) is 12.7. The monoisotopic (exact) mass is 349 g/mol. The second kappa shape index (κ2) is 8.62. The summed E-state index contributed by atoms with van der Waals surface area (Å²) in [6.45, 7) is 0.293. The molecule has 3 aromatic rings. The molecule has 0 aliphatic carbocycles. The highest BCUT2D eigenvalue weighted by Crippen LogP contribution is 2.06. The van der Waals surface area contributed by atoms with Crippen molar-refractivity contribution >= 4 is 11.8 Å². The van der Waals surface area contributed by atoms with Crippen LogP contribution in [-0.2, 0) is 17.8 Å². The molecule has 132 valence electrons. The van der Waals surface area contributed by atoms with Crippen molar-refractivity contribution in [3.05, 3.63) is 90.1 Å². The number of hydrogen-bond donors (Lipinski definition) is 2. The van der Waals surface area contributed by atoms with E-state index in [4.69, 9.17) is 4.42 Å². The number of furan rings is 1. The molecule has 0 spiro atoms. The Kier molecular flexibility index (Phi) is 5.77. The van der Waals surface area contributed by atoms with Gasteiger partial charge in [-0.1, -0.05) is 36.4 Å². The number of rotatable bonds is 7. The van der Waals surface area contributed by atoms with Crippen molar-refractivity contribution in [2.24, 2.45) is 0 Å². The van der Waals surface area contributed by atoms with Gasteiger partial charge in [0, 0.05) is 12.6 Å². The third-order valence-electron chi connectivity index (χ3n) is 3.82. The third kappa shape index (κ3) is 4.80. The minimum Gasteiger partial charge on any atom is -0.459 e. The molecule has 2 N–H and O–H groups in total. The molecule has 0 bridgehead atoms. The number of hydrogen-bond acceptors (Lipinski definition) is 4. The van der Waals surface area contributed by atoms with E-state index in [0.717, 1.165) is 11.3 Å². The molecule has 3 rings (SSSR count). The van der Waals surface area contributed by atoms with Crippen LogP contribution in [-0.4, -0.2) is 22.8 Å². The standard InChI is InChI=1S/C20H19N3O3/c24-19(22-14-16-9-4-5-11-21-16)17(13-15-7-2-1-3-8-15)23-20(25)18-10-6-12-26-18/h1-12,17H,13-14H2,(H,22,24)(H,23,25)/t17-/m0/s1. The number of benzene rings is 1. The van der Waals surface area contributed by atoms with Crippen molar-refractivity contribution in [1.82, 2.24) is 15.6 Å². The zero-order valence-electron chi connectivity index (χ0n) is 14.1. The van der Waals surface area contributed by atoms with Gasteiger partial charge in [-0.2, -0.15) is 0 Å². The molecule has 0 fully saturated rings. The second-order valence-corrected chi connectivity index (χ2v) is 5.73. The number of aromatic nitrogens is 1. The van der Waals surface area contributed by atoms with Crippen molar-refractivity contribution in [1.29, 1.82) is 0 Å². The summed E-state index contributed by atoms with van der Waals surface area (Å²) in [6, 6.07) is 17.5. The lowest BCUT2D eigenvalue weighted by atomic mass is 10.0. The molecular weight excluding hydrogens is 330 g/mol. The molecule has 26 heavy (non-hydrogen) atoms. The van der Waals surface area contributed by atoms with Crippen molar-refractivity contribution < 1.29 is 14.0 Å². The van der Waals surface area contributed by atoms with Crippen molar-refractivity contribution in [3.8, 4) is 0 Å². The molecule has 0 aliphatic heterocycles. The van der Waals surface area contributed by atoms with E-state index in [1.54, 1.807) is 18.3 Å². The fourth-order valence-corrected chi connectivity index (χ4v) is 2.50. The normalized spacial score (nSPS) is 11.5. The Hall–Kier alpha value is -3.41. The average Bonchev–Trinajstić information content (AvgIpc) is 3.22. The quantitative estimate of drug-likeness (QED) is 0.686. The largest absolute Gasteiger partial charge is 0.459 e. The summed E-state index contributed by atoms with van der Waals surface area (Å²) < 4.78 is 5.10. The molecule has 2 heterocycles. The first-order valence-electron chi connectivity index (χ1n) is 8.28. The van der Waals surface area contributed by atoms with Crippen LogP contribution in [0.3, 0.4) is 0 Å². The summed E-state index contributed by atoms with van der Waals surface area (Å²) >= 11 is 0. The second-order valence-electron chi connectivity index (χ2n) is 5.73. The van der Waals surface area contributed by atoms with Gasteiger partial charge in [0.1, 0.15) is 6.04 Å². The molecule has 0 saturated heterocycles. The molecule has 0 radical (unpaired) electrons.